The molecule has 6 heteroatoms. The Labute approximate surface area is 101 Å². The number of anilines is 1. The first-order valence-electron chi connectivity index (χ1n) is 4.97. The minimum absolute atomic E-state index is 0.0343. The van der Waals surface area contributed by atoms with Crippen LogP contribution in [0.3, 0.4) is 0 Å². The summed E-state index contributed by atoms with van der Waals surface area (Å²) in [7, 11) is 0. The van der Waals surface area contributed by atoms with Crippen LogP contribution in [0.5, 0.6) is 5.75 Å². The Morgan fingerprint density at radius 2 is 1.94 bits per heavy atom. The smallest absolute Gasteiger partial charge is 0.355 e. The lowest BCUT2D eigenvalue weighted by atomic mass is 10.0. The number of carboxylic acids is 1. The van der Waals surface area contributed by atoms with Crippen LogP contribution in [0.4, 0.5) is 10.2 Å². The molecule has 18 heavy (non-hydrogen) atoms. The number of nitrogen functional groups attached to an aromatic ring is 1. The van der Waals surface area contributed by atoms with Crippen molar-refractivity contribution in [3.05, 3.63) is 41.8 Å². The standard InChI is InChI=1S/C12H9FN2O3/c13-6-1-3-9(16)8(5-6)7-2-4-10(14)15-11(7)12(17)18/h1-5,16H,(H2,14,15)(H,17,18). The second-order valence-corrected chi connectivity index (χ2v) is 3.60. The molecule has 0 bridgehead atoms. The number of hydrogen-bond acceptors (Lipinski definition) is 4. The maximum absolute atomic E-state index is 13.1. The fourth-order valence-electron chi connectivity index (χ4n) is 1.58. The molecule has 0 fully saturated rings. The van der Waals surface area contributed by atoms with Crippen molar-refractivity contribution in [3.63, 3.8) is 0 Å². The number of carboxylic acid groups (broad SMARTS) is 1. The highest BCUT2D eigenvalue weighted by Crippen LogP contribution is 2.32. The maximum Gasteiger partial charge on any atom is 0.355 e. The number of benzene rings is 1. The highest BCUT2D eigenvalue weighted by Gasteiger charge is 2.17. The van der Waals surface area contributed by atoms with E-state index in [1.807, 2.05) is 0 Å². The second-order valence-electron chi connectivity index (χ2n) is 3.60. The van der Waals surface area contributed by atoms with Gasteiger partial charge in [-0.2, -0.15) is 0 Å². The third kappa shape index (κ3) is 2.08. The average molecular weight is 248 g/mol. The van der Waals surface area contributed by atoms with E-state index >= 15 is 0 Å². The Morgan fingerprint density at radius 3 is 2.61 bits per heavy atom. The maximum atomic E-state index is 13.1. The van der Waals surface area contributed by atoms with Gasteiger partial charge in [0.25, 0.3) is 0 Å². The number of hydrogen-bond donors (Lipinski definition) is 3. The molecule has 0 spiro atoms. The molecule has 2 aromatic rings. The van der Waals surface area contributed by atoms with Gasteiger partial charge in [0.05, 0.1) is 0 Å². The Kier molecular flexibility index (Phi) is 2.85. The summed E-state index contributed by atoms with van der Waals surface area (Å²) in [5.41, 5.74) is 5.22. The van der Waals surface area contributed by atoms with Crippen LogP contribution >= 0.6 is 0 Å². The first-order chi connectivity index (χ1) is 8.49. The fourth-order valence-corrected chi connectivity index (χ4v) is 1.58. The van der Waals surface area contributed by atoms with Crippen LogP contribution < -0.4 is 5.73 Å². The number of halogens is 1. The van der Waals surface area contributed by atoms with Crippen LogP contribution in [0.15, 0.2) is 30.3 Å². The Bertz CT molecular complexity index is 629. The number of nitrogens with zero attached hydrogens (tertiary/aromatic N) is 1. The molecule has 0 saturated heterocycles. The summed E-state index contributed by atoms with van der Waals surface area (Å²) < 4.78 is 13.1. The number of pyridine rings is 1. The zero-order chi connectivity index (χ0) is 13.3. The molecule has 2 rings (SSSR count). The predicted octanol–water partition coefficient (Wildman–Crippen LogP) is 1.87. The Balaban J connectivity index is 2.70. The SMILES string of the molecule is Nc1ccc(-c2cc(F)ccc2O)c(C(=O)O)n1. The van der Waals surface area contributed by atoms with E-state index in [1.165, 1.54) is 12.1 Å². The molecular formula is C12H9FN2O3. The van der Waals surface area contributed by atoms with Crippen LogP contribution in [0.25, 0.3) is 11.1 Å². The number of carbonyl (C=O) groups is 1. The van der Waals surface area contributed by atoms with Gasteiger partial charge in [-0.25, -0.2) is 14.2 Å². The molecule has 0 unspecified atom stereocenters. The molecular weight excluding hydrogens is 239 g/mol. The van der Waals surface area contributed by atoms with Gasteiger partial charge < -0.3 is 15.9 Å². The third-order valence-electron chi connectivity index (χ3n) is 2.37. The molecule has 1 aromatic heterocycles. The molecule has 1 heterocycles. The zero-order valence-corrected chi connectivity index (χ0v) is 9.09. The van der Waals surface area contributed by atoms with E-state index in [0.29, 0.717) is 0 Å². The molecule has 0 aliphatic heterocycles. The van der Waals surface area contributed by atoms with E-state index in [4.69, 9.17) is 10.8 Å². The predicted molar refractivity (Wildman–Crippen MR) is 62.7 cm³/mol. The number of rotatable bonds is 2. The summed E-state index contributed by atoms with van der Waals surface area (Å²) >= 11 is 0. The number of nitrogens with two attached hydrogens (primary N) is 1. The largest absolute Gasteiger partial charge is 0.507 e. The molecule has 4 N–H and O–H groups in total. The van der Waals surface area contributed by atoms with Crippen molar-refractivity contribution in [3.8, 4) is 16.9 Å². The van der Waals surface area contributed by atoms with Gasteiger partial charge in [0, 0.05) is 11.1 Å². The lowest BCUT2D eigenvalue weighted by molar-refractivity contribution is 0.0691. The van der Waals surface area contributed by atoms with Crippen molar-refractivity contribution in [1.82, 2.24) is 4.98 Å². The van der Waals surface area contributed by atoms with Gasteiger partial charge in [-0.05, 0) is 30.3 Å². The van der Waals surface area contributed by atoms with Crippen LogP contribution in [0.1, 0.15) is 10.5 Å². The molecule has 0 aliphatic rings. The summed E-state index contributed by atoms with van der Waals surface area (Å²) in [5.74, 6) is -2.09. The van der Waals surface area contributed by atoms with Gasteiger partial charge in [0.15, 0.2) is 5.69 Å². The third-order valence-corrected chi connectivity index (χ3v) is 2.37. The monoisotopic (exact) mass is 248 g/mol. The highest BCUT2D eigenvalue weighted by molar-refractivity contribution is 5.95. The number of phenolic OH excluding ortho intramolecular Hbond substituents is 1. The Morgan fingerprint density at radius 1 is 1.22 bits per heavy atom. The number of aromatic carboxylic acids is 1. The minimum Gasteiger partial charge on any atom is -0.507 e. The second kappa shape index (κ2) is 4.33. The van der Waals surface area contributed by atoms with Gasteiger partial charge in [-0.15, -0.1) is 0 Å². The van der Waals surface area contributed by atoms with Crippen LogP contribution in [-0.2, 0) is 0 Å². The van der Waals surface area contributed by atoms with Gasteiger partial charge in [-0.1, -0.05) is 0 Å². The molecule has 92 valence electrons. The molecule has 0 saturated carbocycles. The average Bonchev–Trinajstić information content (AvgIpc) is 2.32. The summed E-state index contributed by atoms with van der Waals surface area (Å²) in [6, 6.07) is 6.01. The summed E-state index contributed by atoms with van der Waals surface area (Å²) in [6.45, 7) is 0. The van der Waals surface area contributed by atoms with E-state index in [2.05, 4.69) is 4.98 Å². The number of phenols is 1. The van der Waals surface area contributed by atoms with Crippen LogP contribution in [-0.4, -0.2) is 21.2 Å². The van der Waals surface area contributed by atoms with Crippen LogP contribution in [0.2, 0.25) is 0 Å². The number of aromatic hydroxyl groups is 1. The lowest BCUT2D eigenvalue weighted by Crippen LogP contribution is -2.05. The van der Waals surface area contributed by atoms with Gasteiger partial charge in [0.1, 0.15) is 17.4 Å². The van der Waals surface area contributed by atoms with Crippen LogP contribution in [0, 0.1) is 5.82 Å². The summed E-state index contributed by atoms with van der Waals surface area (Å²) in [4.78, 5) is 14.7. The zero-order valence-electron chi connectivity index (χ0n) is 9.09. The molecule has 5 nitrogen and oxygen atoms in total. The Hall–Kier alpha value is -2.63. The van der Waals surface area contributed by atoms with Gasteiger partial charge in [-0.3, -0.25) is 0 Å². The molecule has 1 aromatic carbocycles. The fraction of sp³-hybridized carbons (Fsp3) is 0. The van der Waals surface area contributed by atoms with Crippen molar-refractivity contribution >= 4 is 11.8 Å². The first-order valence-corrected chi connectivity index (χ1v) is 4.97. The quantitative estimate of drug-likeness (QED) is 0.753. The normalized spacial score (nSPS) is 10.3. The number of aromatic nitrogens is 1. The highest BCUT2D eigenvalue weighted by atomic mass is 19.1. The molecule has 0 atom stereocenters. The topological polar surface area (TPSA) is 96.4 Å². The molecule has 0 amide bonds. The first kappa shape index (κ1) is 11.8. The van der Waals surface area contributed by atoms with Crippen molar-refractivity contribution in [2.24, 2.45) is 0 Å². The van der Waals surface area contributed by atoms with E-state index in [-0.39, 0.29) is 28.4 Å². The minimum atomic E-state index is -1.30. The lowest BCUT2D eigenvalue weighted by Gasteiger charge is -2.08. The molecule has 0 aliphatic carbocycles. The van der Waals surface area contributed by atoms with Crippen molar-refractivity contribution in [1.29, 1.82) is 0 Å². The van der Waals surface area contributed by atoms with Crippen molar-refractivity contribution in [2.45, 2.75) is 0 Å². The molecule has 0 radical (unpaired) electrons. The van der Waals surface area contributed by atoms with Crippen molar-refractivity contribution in [2.75, 3.05) is 5.73 Å². The van der Waals surface area contributed by atoms with E-state index in [1.54, 1.807) is 0 Å². The van der Waals surface area contributed by atoms with E-state index in [0.717, 1.165) is 18.2 Å². The van der Waals surface area contributed by atoms with Gasteiger partial charge in [0.2, 0.25) is 0 Å². The summed E-state index contributed by atoms with van der Waals surface area (Å²) in [6.07, 6.45) is 0. The van der Waals surface area contributed by atoms with E-state index in [9.17, 15) is 14.3 Å². The van der Waals surface area contributed by atoms with Gasteiger partial charge >= 0.3 is 5.97 Å². The van der Waals surface area contributed by atoms with E-state index < -0.39 is 11.8 Å². The van der Waals surface area contributed by atoms with Crippen molar-refractivity contribution < 1.29 is 19.4 Å². The summed E-state index contributed by atoms with van der Waals surface area (Å²) in [5, 5.41) is 18.7.